The van der Waals surface area contributed by atoms with Crippen LogP contribution in [0.15, 0.2) is 42.5 Å². The van der Waals surface area contributed by atoms with Crippen LogP contribution in [0.4, 0.5) is 15.8 Å². The molecule has 0 spiro atoms. The third kappa shape index (κ3) is 7.03. The van der Waals surface area contributed by atoms with Gasteiger partial charge in [-0.25, -0.2) is 4.39 Å². The Hall–Kier alpha value is -3.07. The van der Waals surface area contributed by atoms with E-state index in [-0.39, 0.29) is 23.5 Å². The average Bonchev–Trinajstić information content (AvgIpc) is 3.38. The van der Waals surface area contributed by atoms with Crippen LogP contribution in [0.3, 0.4) is 0 Å². The van der Waals surface area contributed by atoms with Gasteiger partial charge in [-0.2, -0.15) is 0 Å². The minimum Gasteiger partial charge on any atom is -0.352 e. The molecule has 0 aliphatic heterocycles. The first-order valence-corrected chi connectivity index (χ1v) is 14.4. The van der Waals surface area contributed by atoms with Crippen LogP contribution < -0.4 is 15.5 Å². The number of anilines is 2. The maximum Gasteiger partial charge on any atom is 0.243 e. The topological polar surface area (TPSA) is 95.6 Å². The molecule has 0 aromatic heterocycles. The number of nitrogens with zero attached hydrogens (tertiary/aromatic N) is 1. The van der Waals surface area contributed by atoms with Crippen molar-refractivity contribution in [2.45, 2.75) is 70.4 Å². The van der Waals surface area contributed by atoms with Crippen LogP contribution in [-0.2, 0) is 38.0 Å². The van der Waals surface area contributed by atoms with E-state index in [0.29, 0.717) is 11.4 Å². The van der Waals surface area contributed by atoms with Gasteiger partial charge in [-0.3, -0.25) is 23.5 Å². The van der Waals surface area contributed by atoms with Gasteiger partial charge >= 0.3 is 0 Å². The van der Waals surface area contributed by atoms with Crippen LogP contribution in [0.5, 0.6) is 0 Å². The van der Waals surface area contributed by atoms with Gasteiger partial charge in [0.2, 0.25) is 17.7 Å². The summed E-state index contributed by atoms with van der Waals surface area (Å²) >= 11 is 0. The Morgan fingerprint density at radius 1 is 1.00 bits per heavy atom. The van der Waals surface area contributed by atoms with E-state index in [9.17, 15) is 23.0 Å². The Labute approximate surface area is 219 Å². The molecule has 1 fully saturated rings. The third-order valence-electron chi connectivity index (χ3n) is 7.07. The molecule has 2 atom stereocenters. The maximum atomic E-state index is 13.6. The summed E-state index contributed by atoms with van der Waals surface area (Å²) in [4.78, 5) is 40.6. The number of aryl methyl sites for hydroxylation is 1. The van der Waals surface area contributed by atoms with Crippen molar-refractivity contribution in [2.75, 3.05) is 21.7 Å². The van der Waals surface area contributed by atoms with Crippen molar-refractivity contribution >= 4 is 39.9 Å². The van der Waals surface area contributed by atoms with Crippen molar-refractivity contribution in [3.8, 4) is 0 Å². The van der Waals surface area contributed by atoms with Crippen LogP contribution in [0, 0.1) is 5.82 Å². The van der Waals surface area contributed by atoms with E-state index in [1.165, 1.54) is 34.7 Å². The van der Waals surface area contributed by atoms with E-state index in [2.05, 4.69) is 16.7 Å². The highest BCUT2D eigenvalue weighted by Gasteiger charge is 2.32. The van der Waals surface area contributed by atoms with E-state index in [1.54, 1.807) is 6.92 Å². The molecule has 2 aromatic carbocycles. The van der Waals surface area contributed by atoms with E-state index < -0.39 is 34.5 Å². The fourth-order valence-electron chi connectivity index (χ4n) is 5.19. The van der Waals surface area contributed by atoms with Gasteiger partial charge in [-0.15, -0.1) is 0 Å². The molecular formula is C28H34FN3O4S. The molecule has 0 heterocycles. The summed E-state index contributed by atoms with van der Waals surface area (Å²) in [6.45, 7) is 1.70. The van der Waals surface area contributed by atoms with Crippen molar-refractivity contribution in [3.63, 3.8) is 0 Å². The number of amides is 3. The Bertz CT molecular complexity index is 1160. The molecule has 0 radical (unpaired) electrons. The number of hydrogen-bond donors (Lipinski definition) is 2. The van der Waals surface area contributed by atoms with Gasteiger partial charge < -0.3 is 10.6 Å². The predicted octanol–water partition coefficient (Wildman–Crippen LogP) is 3.87. The highest BCUT2D eigenvalue weighted by Crippen LogP contribution is 2.32. The lowest BCUT2D eigenvalue weighted by Crippen LogP contribution is -2.52. The number of rotatable bonds is 9. The second kappa shape index (κ2) is 12.4. The molecule has 0 bridgehead atoms. The predicted molar refractivity (Wildman–Crippen MR) is 143 cm³/mol. The molecule has 7 nitrogen and oxygen atoms in total. The Kier molecular flexibility index (Phi) is 9.08. The summed E-state index contributed by atoms with van der Waals surface area (Å²) in [6, 6.07) is 10.4. The van der Waals surface area contributed by atoms with Gasteiger partial charge in [-0.1, -0.05) is 25.0 Å². The summed E-state index contributed by atoms with van der Waals surface area (Å²) in [5, 5.41) is 5.65. The summed E-state index contributed by atoms with van der Waals surface area (Å²) in [5.74, 6) is -2.42. The van der Waals surface area contributed by atoms with E-state index >= 15 is 0 Å². The van der Waals surface area contributed by atoms with E-state index in [4.69, 9.17) is 0 Å². The second-order valence-electron chi connectivity index (χ2n) is 9.84. The van der Waals surface area contributed by atoms with Crippen LogP contribution in [0.2, 0.25) is 0 Å². The number of nitrogens with one attached hydrogen (secondary N) is 2. The number of hydrogen-bond acceptors (Lipinski definition) is 4. The molecule has 1 saturated carbocycles. The van der Waals surface area contributed by atoms with Crippen LogP contribution >= 0.6 is 0 Å². The summed E-state index contributed by atoms with van der Waals surface area (Å²) in [5.41, 5.74) is 3.29. The molecule has 37 heavy (non-hydrogen) atoms. The normalized spacial score (nSPS) is 16.9. The maximum absolute atomic E-state index is 13.6. The number of fused-ring (bicyclic) bond motifs is 1. The van der Waals surface area contributed by atoms with Crippen molar-refractivity contribution in [2.24, 2.45) is 0 Å². The van der Waals surface area contributed by atoms with E-state index in [0.717, 1.165) is 56.9 Å². The largest absolute Gasteiger partial charge is 0.352 e. The Balaban J connectivity index is 1.49. The highest BCUT2D eigenvalue weighted by atomic mass is 32.2. The Morgan fingerprint density at radius 3 is 2.43 bits per heavy atom. The fraction of sp³-hybridized carbons (Fsp3) is 0.464. The zero-order valence-electron chi connectivity index (χ0n) is 21.1. The van der Waals surface area contributed by atoms with Crippen LogP contribution in [0.1, 0.15) is 56.6 Å². The van der Waals surface area contributed by atoms with Gasteiger partial charge in [-0.05, 0) is 86.9 Å². The monoisotopic (exact) mass is 527 g/mol. The minimum atomic E-state index is -1.80. The van der Waals surface area contributed by atoms with E-state index in [1.807, 2.05) is 12.1 Å². The molecule has 2 N–H and O–H groups in total. The van der Waals surface area contributed by atoms with Crippen molar-refractivity contribution < 1.29 is 23.0 Å². The quantitative estimate of drug-likeness (QED) is 0.518. The lowest BCUT2D eigenvalue weighted by atomic mass is 9.89. The number of benzene rings is 2. The molecule has 198 valence electrons. The molecule has 0 saturated heterocycles. The summed E-state index contributed by atoms with van der Waals surface area (Å²) < 4.78 is 25.9. The van der Waals surface area contributed by atoms with Crippen LogP contribution in [0.25, 0.3) is 0 Å². The lowest BCUT2D eigenvalue weighted by molar-refractivity contribution is -0.125. The van der Waals surface area contributed by atoms with Crippen molar-refractivity contribution in [1.82, 2.24) is 5.32 Å². The van der Waals surface area contributed by atoms with Gasteiger partial charge in [0, 0.05) is 28.2 Å². The number of halogens is 1. The lowest BCUT2D eigenvalue weighted by Gasteiger charge is -2.33. The average molecular weight is 528 g/mol. The van der Waals surface area contributed by atoms with Crippen molar-refractivity contribution in [3.05, 3.63) is 59.4 Å². The van der Waals surface area contributed by atoms with Gasteiger partial charge in [0.05, 0.1) is 0 Å². The molecule has 2 aliphatic rings. The number of carbonyl (C=O) groups is 3. The standard InChI is InChI=1S/C28H34FN3O4S/c1-19(28(35)31-22-9-3-4-10-22)32(25-12-6-8-20-7-2-5-11-24(20)25)27(34)18-37(36)17-26(33)30-23-15-13-21(29)14-16-23/h6,8,12-16,19,22H,2-5,7,9-11,17-18H2,1H3,(H,30,33)(H,31,35). The molecule has 2 unspecified atom stereocenters. The molecule has 2 aromatic rings. The summed E-state index contributed by atoms with van der Waals surface area (Å²) in [7, 11) is -1.80. The first kappa shape index (κ1) is 27.0. The van der Waals surface area contributed by atoms with Gasteiger partial charge in [0.15, 0.2) is 0 Å². The smallest absolute Gasteiger partial charge is 0.243 e. The zero-order chi connectivity index (χ0) is 26.4. The first-order valence-electron chi connectivity index (χ1n) is 13.0. The first-order chi connectivity index (χ1) is 17.8. The molecule has 4 rings (SSSR count). The molecule has 3 amide bonds. The van der Waals surface area contributed by atoms with Gasteiger partial charge in [0.25, 0.3) is 0 Å². The number of carbonyl (C=O) groups excluding carboxylic acids is 3. The Morgan fingerprint density at radius 2 is 1.70 bits per heavy atom. The molecule has 9 heteroatoms. The van der Waals surface area contributed by atoms with Gasteiger partial charge in [0.1, 0.15) is 23.4 Å². The summed E-state index contributed by atoms with van der Waals surface area (Å²) in [6.07, 6.45) is 7.83. The molecular weight excluding hydrogens is 493 g/mol. The highest BCUT2D eigenvalue weighted by molar-refractivity contribution is 7.86. The SMILES string of the molecule is CC(C(=O)NC1CCCC1)N(C(=O)CS(=O)CC(=O)Nc1ccc(F)cc1)c1cccc2c1CCCC2. The fourth-order valence-corrected chi connectivity index (χ4v) is 6.07. The third-order valence-corrected chi connectivity index (χ3v) is 8.23. The molecule has 2 aliphatic carbocycles. The second-order valence-corrected chi connectivity index (χ2v) is 11.3. The minimum absolute atomic E-state index is 0.112. The van der Waals surface area contributed by atoms with Crippen LogP contribution in [-0.4, -0.2) is 45.5 Å². The zero-order valence-corrected chi connectivity index (χ0v) is 22.0. The van der Waals surface area contributed by atoms with Crippen molar-refractivity contribution in [1.29, 1.82) is 0 Å².